The number of amides is 3. The molecular weight excluding hydrogens is 404 g/mol. The van der Waals surface area contributed by atoms with Gasteiger partial charge in [-0.25, -0.2) is 4.79 Å². The Labute approximate surface area is 180 Å². The molecule has 1 aliphatic heterocycles. The monoisotopic (exact) mass is 432 g/mol. The highest BCUT2D eigenvalue weighted by Crippen LogP contribution is 2.30. The molecule has 3 heterocycles. The van der Waals surface area contributed by atoms with Crippen LogP contribution in [0, 0.1) is 0 Å². The minimum absolute atomic E-state index is 0.0705. The van der Waals surface area contributed by atoms with E-state index in [1.54, 1.807) is 18.5 Å². The Kier molecular flexibility index (Phi) is 7.97. The van der Waals surface area contributed by atoms with Crippen LogP contribution in [0.1, 0.15) is 48.5 Å². The number of carbonyl (C=O) groups is 2. The zero-order valence-corrected chi connectivity index (χ0v) is 17.9. The van der Waals surface area contributed by atoms with Crippen molar-refractivity contribution in [1.82, 2.24) is 19.6 Å². The lowest BCUT2D eigenvalue weighted by atomic mass is 10.0. The van der Waals surface area contributed by atoms with E-state index in [2.05, 4.69) is 31.8 Å². The van der Waals surface area contributed by atoms with Crippen LogP contribution in [0.3, 0.4) is 0 Å². The molecule has 0 radical (unpaired) electrons. The predicted octanol–water partition coefficient (Wildman–Crippen LogP) is 2.60. The highest BCUT2D eigenvalue weighted by atomic mass is 32.1. The third-order valence-electron chi connectivity index (χ3n) is 5.08. The van der Waals surface area contributed by atoms with Crippen molar-refractivity contribution in [2.75, 3.05) is 25.0 Å². The summed E-state index contributed by atoms with van der Waals surface area (Å²) in [6.07, 6.45) is 7.96. The normalized spacial score (nSPS) is 16.8. The van der Waals surface area contributed by atoms with E-state index >= 15 is 0 Å². The van der Waals surface area contributed by atoms with Crippen LogP contribution in [-0.2, 0) is 6.61 Å². The molecule has 4 N–H and O–H groups in total. The Morgan fingerprint density at radius 1 is 1.40 bits per heavy atom. The van der Waals surface area contributed by atoms with Crippen molar-refractivity contribution >= 4 is 28.5 Å². The highest BCUT2D eigenvalue weighted by Gasteiger charge is 2.22. The molecule has 10 heteroatoms. The molecule has 0 saturated carbocycles. The zero-order chi connectivity index (χ0) is 21.3. The van der Waals surface area contributed by atoms with Gasteiger partial charge < -0.3 is 20.7 Å². The molecule has 162 valence electrons. The summed E-state index contributed by atoms with van der Waals surface area (Å²) in [4.78, 5) is 30.6. The van der Waals surface area contributed by atoms with E-state index in [1.165, 1.54) is 19.3 Å². The first-order chi connectivity index (χ1) is 14.5. The SMILES string of the molecule is CC1CCCCN1CCCNC(=O)Nc1snc(OCc2cccnc2)c1C(N)=O. The fourth-order valence-electron chi connectivity index (χ4n) is 3.43. The minimum atomic E-state index is -0.709. The molecule has 0 aliphatic carbocycles. The van der Waals surface area contributed by atoms with Crippen molar-refractivity contribution in [2.45, 2.75) is 45.3 Å². The van der Waals surface area contributed by atoms with E-state index in [1.807, 2.05) is 6.07 Å². The Balaban J connectivity index is 1.48. The predicted molar refractivity (Wildman–Crippen MR) is 116 cm³/mol. The number of nitrogens with one attached hydrogen (secondary N) is 2. The zero-order valence-electron chi connectivity index (χ0n) is 17.1. The summed E-state index contributed by atoms with van der Waals surface area (Å²) < 4.78 is 9.72. The van der Waals surface area contributed by atoms with Gasteiger partial charge in [0.25, 0.3) is 5.91 Å². The first-order valence-corrected chi connectivity index (χ1v) is 10.9. The first-order valence-electron chi connectivity index (χ1n) is 10.1. The Bertz CT molecular complexity index is 844. The van der Waals surface area contributed by atoms with Crippen LogP contribution in [0.2, 0.25) is 0 Å². The summed E-state index contributed by atoms with van der Waals surface area (Å²) in [5, 5.41) is 5.75. The van der Waals surface area contributed by atoms with Gasteiger partial charge in [-0.05, 0) is 50.3 Å². The van der Waals surface area contributed by atoms with Gasteiger partial charge in [-0.15, -0.1) is 0 Å². The lowest BCUT2D eigenvalue weighted by Gasteiger charge is -2.33. The van der Waals surface area contributed by atoms with Gasteiger partial charge in [0, 0.05) is 37.1 Å². The molecule has 1 fully saturated rings. The van der Waals surface area contributed by atoms with Gasteiger partial charge in [-0.1, -0.05) is 12.5 Å². The summed E-state index contributed by atoms with van der Waals surface area (Å²) in [7, 11) is 0. The molecule has 3 rings (SSSR count). The lowest BCUT2D eigenvalue weighted by molar-refractivity contribution is 0.0996. The highest BCUT2D eigenvalue weighted by molar-refractivity contribution is 7.11. The molecule has 30 heavy (non-hydrogen) atoms. The summed E-state index contributed by atoms with van der Waals surface area (Å²) in [6, 6.07) is 3.85. The Morgan fingerprint density at radius 3 is 3.00 bits per heavy atom. The number of pyridine rings is 1. The molecule has 2 aromatic rings. The number of hydrogen-bond donors (Lipinski definition) is 3. The number of anilines is 1. The third kappa shape index (κ3) is 6.14. The molecule has 1 aliphatic rings. The maximum atomic E-state index is 12.2. The largest absolute Gasteiger partial charge is 0.472 e. The minimum Gasteiger partial charge on any atom is -0.472 e. The number of aromatic nitrogens is 2. The molecule has 1 atom stereocenters. The van der Waals surface area contributed by atoms with Crippen LogP contribution >= 0.6 is 11.5 Å². The summed E-state index contributed by atoms with van der Waals surface area (Å²) >= 11 is 0.959. The molecule has 3 amide bonds. The van der Waals surface area contributed by atoms with Crippen molar-refractivity contribution in [1.29, 1.82) is 0 Å². The van der Waals surface area contributed by atoms with Gasteiger partial charge in [-0.3, -0.25) is 15.1 Å². The average molecular weight is 433 g/mol. The number of likely N-dealkylation sites (tertiary alicyclic amines) is 1. The van der Waals surface area contributed by atoms with Gasteiger partial charge in [0.1, 0.15) is 17.2 Å². The van der Waals surface area contributed by atoms with Gasteiger partial charge in [0.15, 0.2) is 0 Å². The van der Waals surface area contributed by atoms with Gasteiger partial charge in [-0.2, -0.15) is 4.37 Å². The van der Waals surface area contributed by atoms with Crippen molar-refractivity contribution < 1.29 is 14.3 Å². The van der Waals surface area contributed by atoms with Crippen LogP contribution in [0.5, 0.6) is 5.88 Å². The number of urea groups is 1. The smallest absolute Gasteiger partial charge is 0.319 e. The number of nitrogens with two attached hydrogens (primary N) is 1. The Hall–Kier alpha value is -2.72. The number of ether oxygens (including phenoxy) is 1. The second-order valence-corrected chi connectivity index (χ2v) is 8.09. The van der Waals surface area contributed by atoms with E-state index in [-0.39, 0.29) is 23.1 Å². The molecule has 1 saturated heterocycles. The van der Waals surface area contributed by atoms with Crippen LogP contribution in [0.15, 0.2) is 24.5 Å². The molecule has 2 aromatic heterocycles. The number of piperidine rings is 1. The molecule has 0 aromatic carbocycles. The third-order valence-corrected chi connectivity index (χ3v) is 5.83. The lowest BCUT2D eigenvalue weighted by Crippen LogP contribution is -2.39. The van der Waals surface area contributed by atoms with Crippen molar-refractivity contribution in [2.24, 2.45) is 5.73 Å². The number of hydrogen-bond acceptors (Lipinski definition) is 7. The second-order valence-electron chi connectivity index (χ2n) is 7.32. The number of carbonyl (C=O) groups excluding carboxylic acids is 2. The molecule has 0 spiro atoms. The van der Waals surface area contributed by atoms with Gasteiger partial charge in [0.05, 0.1) is 0 Å². The molecule has 1 unspecified atom stereocenters. The van der Waals surface area contributed by atoms with E-state index in [0.717, 1.165) is 36.6 Å². The maximum absolute atomic E-state index is 12.2. The standard InChI is InChI=1S/C20H28N6O3S/c1-14-6-2-3-10-26(14)11-5-9-23-20(28)24-19-16(17(21)27)18(25-30-19)29-13-15-7-4-8-22-12-15/h4,7-8,12,14H,2-3,5-6,9-11,13H2,1H3,(H2,21,27)(H2,23,24,28). The van der Waals surface area contributed by atoms with Crippen LogP contribution in [0.4, 0.5) is 9.80 Å². The number of rotatable bonds is 9. The van der Waals surface area contributed by atoms with E-state index < -0.39 is 11.9 Å². The molecule has 0 bridgehead atoms. The average Bonchev–Trinajstić information content (AvgIpc) is 3.14. The fraction of sp³-hybridized carbons (Fsp3) is 0.500. The van der Waals surface area contributed by atoms with Crippen molar-refractivity contribution in [3.05, 3.63) is 35.7 Å². The molecule has 9 nitrogen and oxygen atoms in total. The Morgan fingerprint density at radius 2 is 2.27 bits per heavy atom. The first kappa shape index (κ1) is 22.0. The van der Waals surface area contributed by atoms with E-state index in [0.29, 0.717) is 12.6 Å². The van der Waals surface area contributed by atoms with Crippen molar-refractivity contribution in [3.63, 3.8) is 0 Å². The van der Waals surface area contributed by atoms with Gasteiger partial charge in [0.2, 0.25) is 5.88 Å². The summed E-state index contributed by atoms with van der Waals surface area (Å²) in [5.41, 5.74) is 6.38. The van der Waals surface area contributed by atoms with Crippen LogP contribution < -0.4 is 21.1 Å². The van der Waals surface area contributed by atoms with Crippen LogP contribution in [-0.4, -0.2) is 51.9 Å². The van der Waals surface area contributed by atoms with Gasteiger partial charge >= 0.3 is 6.03 Å². The number of primary amides is 1. The summed E-state index contributed by atoms with van der Waals surface area (Å²) in [5.74, 6) is -0.606. The molecular formula is C20H28N6O3S. The van der Waals surface area contributed by atoms with E-state index in [4.69, 9.17) is 10.5 Å². The second kappa shape index (κ2) is 10.9. The number of nitrogens with zero attached hydrogens (tertiary/aromatic N) is 3. The van der Waals surface area contributed by atoms with Crippen LogP contribution in [0.25, 0.3) is 0 Å². The van der Waals surface area contributed by atoms with Crippen molar-refractivity contribution in [3.8, 4) is 5.88 Å². The topological polar surface area (TPSA) is 122 Å². The van der Waals surface area contributed by atoms with E-state index in [9.17, 15) is 9.59 Å². The fourth-order valence-corrected chi connectivity index (χ4v) is 4.17. The maximum Gasteiger partial charge on any atom is 0.319 e. The quantitative estimate of drug-likeness (QED) is 0.524. The summed E-state index contributed by atoms with van der Waals surface area (Å²) in [6.45, 7) is 5.07.